The maximum atomic E-state index is 12.0. The van der Waals surface area contributed by atoms with Crippen molar-refractivity contribution in [3.8, 4) is 5.75 Å². The molecule has 1 aromatic rings. The summed E-state index contributed by atoms with van der Waals surface area (Å²) in [4.78, 5) is 30.1. The number of hydrogen-bond donors (Lipinski definition) is 0. The summed E-state index contributed by atoms with van der Waals surface area (Å²) in [6.07, 6.45) is 1.41. The molecule has 1 unspecified atom stereocenters. The molecule has 0 bridgehead atoms. The van der Waals surface area contributed by atoms with Gasteiger partial charge in [0.05, 0.1) is 13.3 Å². The molecule has 6 nitrogen and oxygen atoms in total. The lowest BCUT2D eigenvalue weighted by atomic mass is 10.2. The molecular weight excluding hydrogens is 306 g/mol. The van der Waals surface area contributed by atoms with Crippen molar-refractivity contribution in [1.29, 1.82) is 0 Å². The zero-order valence-electron chi connectivity index (χ0n) is 14.4. The van der Waals surface area contributed by atoms with E-state index in [0.717, 1.165) is 38.3 Å². The van der Waals surface area contributed by atoms with Gasteiger partial charge in [-0.2, -0.15) is 0 Å². The van der Waals surface area contributed by atoms with Crippen molar-refractivity contribution in [1.82, 2.24) is 9.80 Å². The molecule has 1 aromatic carbocycles. The predicted molar refractivity (Wildman–Crippen MR) is 91.9 cm³/mol. The highest BCUT2D eigenvalue weighted by Gasteiger charge is 2.37. The van der Waals surface area contributed by atoms with Crippen LogP contribution in [0, 0.1) is 0 Å². The average molecular weight is 331 g/mol. The second kappa shape index (κ2) is 7.21. The summed E-state index contributed by atoms with van der Waals surface area (Å²) in [6.45, 7) is 5.51. The molecular formula is C18H25N3O3. The van der Waals surface area contributed by atoms with Crippen LogP contribution in [-0.2, 0) is 9.59 Å². The molecule has 2 saturated heterocycles. The molecule has 0 aromatic heterocycles. The monoisotopic (exact) mass is 331 g/mol. The van der Waals surface area contributed by atoms with Gasteiger partial charge in [0.15, 0.2) is 0 Å². The van der Waals surface area contributed by atoms with Gasteiger partial charge in [-0.1, -0.05) is 6.92 Å². The first-order chi connectivity index (χ1) is 11.6. The van der Waals surface area contributed by atoms with E-state index in [1.165, 1.54) is 10.6 Å². The van der Waals surface area contributed by atoms with Gasteiger partial charge in [-0.3, -0.25) is 19.4 Å². The van der Waals surface area contributed by atoms with Gasteiger partial charge >= 0.3 is 0 Å². The number of anilines is 1. The van der Waals surface area contributed by atoms with Crippen molar-refractivity contribution in [2.24, 2.45) is 0 Å². The Balaban J connectivity index is 1.62. The topological polar surface area (TPSA) is 53.1 Å². The quantitative estimate of drug-likeness (QED) is 0.769. The number of likely N-dealkylation sites (tertiary alicyclic amines) is 1. The molecule has 0 radical (unpaired) electrons. The number of hydrogen-bond acceptors (Lipinski definition) is 5. The molecule has 130 valence electrons. The lowest BCUT2D eigenvalue weighted by Crippen LogP contribution is -2.57. The van der Waals surface area contributed by atoms with Crippen molar-refractivity contribution in [3.63, 3.8) is 0 Å². The molecule has 0 N–H and O–H groups in total. The minimum Gasteiger partial charge on any atom is -0.497 e. The Kier molecular flexibility index (Phi) is 5.04. The zero-order valence-corrected chi connectivity index (χ0v) is 14.4. The minimum atomic E-state index is -0.0921. The summed E-state index contributed by atoms with van der Waals surface area (Å²) < 4.78 is 5.20. The van der Waals surface area contributed by atoms with Crippen molar-refractivity contribution in [3.05, 3.63) is 24.3 Å². The van der Waals surface area contributed by atoms with E-state index in [0.29, 0.717) is 12.8 Å². The van der Waals surface area contributed by atoms with E-state index >= 15 is 0 Å². The normalized spacial score (nSPS) is 20.6. The fourth-order valence-electron chi connectivity index (χ4n) is 3.60. The zero-order chi connectivity index (χ0) is 17.1. The third kappa shape index (κ3) is 3.24. The molecule has 0 aliphatic carbocycles. The SMILES string of the molecule is CCC(N1CCN(c2ccc(OC)cc2)CC1)N1C(=O)CCC1=O. The second-order valence-electron chi connectivity index (χ2n) is 6.27. The largest absolute Gasteiger partial charge is 0.497 e. The standard InChI is InChI=1S/C18H25N3O3/c1-3-16(21-17(22)8-9-18(21)23)20-12-10-19(11-13-20)14-4-6-15(24-2)7-5-14/h4-7,16H,3,8-13H2,1-2H3. The molecule has 1 atom stereocenters. The van der Waals surface area contributed by atoms with Gasteiger partial charge in [0.2, 0.25) is 11.8 Å². The molecule has 2 fully saturated rings. The summed E-state index contributed by atoms with van der Waals surface area (Å²) in [5.41, 5.74) is 1.18. The predicted octanol–water partition coefficient (Wildman–Crippen LogP) is 1.70. The highest BCUT2D eigenvalue weighted by atomic mass is 16.5. The van der Waals surface area contributed by atoms with E-state index in [1.807, 2.05) is 19.1 Å². The van der Waals surface area contributed by atoms with Crippen LogP contribution < -0.4 is 9.64 Å². The number of piperazine rings is 1. The number of benzene rings is 1. The maximum Gasteiger partial charge on any atom is 0.231 e. The Hall–Kier alpha value is -2.08. The van der Waals surface area contributed by atoms with E-state index < -0.39 is 0 Å². The van der Waals surface area contributed by atoms with Crippen LogP contribution in [0.1, 0.15) is 26.2 Å². The van der Waals surface area contributed by atoms with Gasteiger partial charge in [-0.05, 0) is 30.7 Å². The van der Waals surface area contributed by atoms with E-state index in [-0.39, 0.29) is 18.0 Å². The third-order valence-corrected chi connectivity index (χ3v) is 4.93. The van der Waals surface area contributed by atoms with E-state index in [9.17, 15) is 9.59 Å². The van der Waals surface area contributed by atoms with Crippen LogP contribution in [0.5, 0.6) is 5.75 Å². The Bertz CT molecular complexity index is 578. The molecule has 3 rings (SSSR count). The fourth-order valence-corrected chi connectivity index (χ4v) is 3.60. The number of rotatable bonds is 5. The number of imide groups is 1. The van der Waals surface area contributed by atoms with Gasteiger partial charge in [0.25, 0.3) is 0 Å². The Morgan fingerprint density at radius 3 is 2.08 bits per heavy atom. The summed E-state index contributed by atoms with van der Waals surface area (Å²) in [5, 5.41) is 0. The molecule has 24 heavy (non-hydrogen) atoms. The molecule has 2 aliphatic rings. The number of nitrogens with zero attached hydrogens (tertiary/aromatic N) is 3. The number of carbonyl (C=O) groups is 2. The number of amides is 2. The van der Waals surface area contributed by atoms with Gasteiger partial charge in [0, 0.05) is 44.7 Å². The van der Waals surface area contributed by atoms with Gasteiger partial charge in [-0.25, -0.2) is 0 Å². The summed E-state index contributed by atoms with van der Waals surface area (Å²) in [6, 6.07) is 8.08. The summed E-state index contributed by atoms with van der Waals surface area (Å²) in [5.74, 6) is 0.809. The van der Waals surface area contributed by atoms with Crippen LogP contribution in [0.25, 0.3) is 0 Å². The average Bonchev–Trinajstić information content (AvgIpc) is 2.96. The van der Waals surface area contributed by atoms with Gasteiger partial charge in [0.1, 0.15) is 5.75 Å². The lowest BCUT2D eigenvalue weighted by Gasteiger charge is -2.42. The molecule has 6 heteroatoms. The molecule has 0 spiro atoms. The Morgan fingerprint density at radius 2 is 1.58 bits per heavy atom. The molecule has 2 amide bonds. The first kappa shape index (κ1) is 16.8. The van der Waals surface area contributed by atoms with Crippen molar-refractivity contribution >= 4 is 17.5 Å². The first-order valence-corrected chi connectivity index (χ1v) is 8.62. The van der Waals surface area contributed by atoms with Crippen molar-refractivity contribution < 1.29 is 14.3 Å². The van der Waals surface area contributed by atoms with Crippen LogP contribution in [0.4, 0.5) is 5.69 Å². The van der Waals surface area contributed by atoms with Crippen LogP contribution in [0.3, 0.4) is 0 Å². The lowest BCUT2D eigenvalue weighted by molar-refractivity contribution is -0.146. The van der Waals surface area contributed by atoms with Crippen LogP contribution in [-0.4, -0.2) is 61.1 Å². The number of methoxy groups -OCH3 is 1. The molecule has 0 saturated carbocycles. The fraction of sp³-hybridized carbons (Fsp3) is 0.556. The Morgan fingerprint density at radius 1 is 1.00 bits per heavy atom. The first-order valence-electron chi connectivity index (χ1n) is 8.62. The van der Waals surface area contributed by atoms with Gasteiger partial charge in [-0.15, -0.1) is 0 Å². The number of carbonyl (C=O) groups excluding carboxylic acids is 2. The van der Waals surface area contributed by atoms with Crippen molar-refractivity contribution in [2.45, 2.75) is 32.4 Å². The highest BCUT2D eigenvalue weighted by molar-refractivity contribution is 6.02. The van der Waals surface area contributed by atoms with E-state index in [1.54, 1.807) is 7.11 Å². The summed E-state index contributed by atoms with van der Waals surface area (Å²) >= 11 is 0. The van der Waals surface area contributed by atoms with Crippen LogP contribution in [0.2, 0.25) is 0 Å². The second-order valence-corrected chi connectivity index (χ2v) is 6.27. The van der Waals surface area contributed by atoms with Crippen molar-refractivity contribution in [2.75, 3.05) is 38.2 Å². The minimum absolute atomic E-state index is 0.0237. The molecule has 2 aliphatic heterocycles. The smallest absolute Gasteiger partial charge is 0.231 e. The highest BCUT2D eigenvalue weighted by Crippen LogP contribution is 2.24. The maximum absolute atomic E-state index is 12.0. The third-order valence-electron chi connectivity index (χ3n) is 4.93. The van der Waals surface area contributed by atoms with E-state index in [4.69, 9.17) is 4.74 Å². The molecule has 2 heterocycles. The van der Waals surface area contributed by atoms with E-state index in [2.05, 4.69) is 21.9 Å². The van der Waals surface area contributed by atoms with Crippen LogP contribution >= 0.6 is 0 Å². The summed E-state index contributed by atoms with van der Waals surface area (Å²) in [7, 11) is 1.67. The number of ether oxygens (including phenoxy) is 1. The Labute approximate surface area is 143 Å². The van der Waals surface area contributed by atoms with Gasteiger partial charge < -0.3 is 9.64 Å². The van der Waals surface area contributed by atoms with Crippen LogP contribution in [0.15, 0.2) is 24.3 Å².